The second kappa shape index (κ2) is 6.53. The van der Waals surface area contributed by atoms with Crippen LogP contribution in [0.15, 0.2) is 23.1 Å². The van der Waals surface area contributed by atoms with Crippen molar-refractivity contribution in [3.63, 3.8) is 0 Å². The number of halogens is 3. The number of amides is 1. The molecule has 0 aliphatic carbocycles. The first kappa shape index (κ1) is 19.2. The maximum Gasteiger partial charge on any atom is 0.475 e. The molecule has 1 aromatic carbocycles. The van der Waals surface area contributed by atoms with E-state index in [-0.39, 0.29) is 17.2 Å². The number of carbonyl (C=O) groups is 1. The van der Waals surface area contributed by atoms with Crippen molar-refractivity contribution in [2.75, 3.05) is 6.54 Å². The molecule has 1 amide bonds. The molecule has 3 atom stereocenters. The third kappa shape index (κ3) is 3.34. The summed E-state index contributed by atoms with van der Waals surface area (Å²) in [5, 5.41) is 10.8. The van der Waals surface area contributed by atoms with Crippen molar-refractivity contribution in [1.29, 1.82) is 0 Å². The Balaban J connectivity index is 2.09. The molecule has 0 saturated carbocycles. The molecule has 26 heavy (non-hydrogen) atoms. The van der Waals surface area contributed by atoms with E-state index in [1.807, 2.05) is 0 Å². The molecule has 2 aliphatic heterocycles. The lowest BCUT2D eigenvalue weighted by Gasteiger charge is -2.47. The molecular formula is C17H20F3NO4S. The van der Waals surface area contributed by atoms with Gasteiger partial charge in [-0.15, -0.1) is 0 Å². The number of aliphatic hydroxyl groups is 1. The quantitative estimate of drug-likeness (QED) is 0.842. The molecular weight excluding hydrogens is 371 g/mol. The predicted molar refractivity (Wildman–Crippen MR) is 87.9 cm³/mol. The highest BCUT2D eigenvalue weighted by Crippen LogP contribution is 2.45. The summed E-state index contributed by atoms with van der Waals surface area (Å²) < 4.78 is 56.0. The summed E-state index contributed by atoms with van der Waals surface area (Å²) in [6.07, 6.45) is 0.684. The maximum absolute atomic E-state index is 12.8. The fourth-order valence-electron chi connectivity index (χ4n) is 3.45. The second-order valence-electron chi connectivity index (χ2n) is 7.05. The summed E-state index contributed by atoms with van der Waals surface area (Å²) in [5.41, 5.74) is -5.67. The number of benzene rings is 1. The van der Waals surface area contributed by atoms with Gasteiger partial charge in [-0.2, -0.15) is 13.2 Å². The Hall–Kier alpha value is -1.61. The van der Waals surface area contributed by atoms with Gasteiger partial charge in [0.1, 0.15) is 17.5 Å². The summed E-state index contributed by atoms with van der Waals surface area (Å²) >= 11 is 0. The Morgan fingerprint density at radius 2 is 2.00 bits per heavy atom. The van der Waals surface area contributed by atoms with Gasteiger partial charge in [-0.1, -0.05) is 0 Å². The number of carbonyl (C=O) groups excluding carboxylic acids is 1. The smallest absolute Gasteiger partial charge is 0.475 e. The lowest BCUT2D eigenvalue weighted by Crippen LogP contribution is -2.55. The van der Waals surface area contributed by atoms with Crippen LogP contribution in [0.2, 0.25) is 0 Å². The predicted octanol–water partition coefficient (Wildman–Crippen LogP) is 2.90. The van der Waals surface area contributed by atoms with E-state index in [2.05, 4.69) is 0 Å². The molecule has 144 valence electrons. The van der Waals surface area contributed by atoms with E-state index >= 15 is 0 Å². The Morgan fingerprint density at radius 1 is 1.31 bits per heavy atom. The van der Waals surface area contributed by atoms with E-state index in [0.717, 1.165) is 25.0 Å². The van der Waals surface area contributed by atoms with Gasteiger partial charge in [0.2, 0.25) is 5.91 Å². The number of alkyl halides is 3. The van der Waals surface area contributed by atoms with Crippen LogP contribution in [-0.2, 0) is 15.6 Å². The summed E-state index contributed by atoms with van der Waals surface area (Å²) in [4.78, 5) is 13.4. The second-order valence-corrected chi connectivity index (χ2v) is 8.53. The largest absolute Gasteiger partial charge is 0.485 e. The summed E-state index contributed by atoms with van der Waals surface area (Å²) in [6, 6.07) is 2.71. The number of hydrogen-bond acceptors (Lipinski definition) is 4. The molecule has 0 spiro atoms. The minimum Gasteiger partial charge on any atom is -0.485 e. The first-order valence-electron chi connectivity index (χ1n) is 8.31. The van der Waals surface area contributed by atoms with Crippen molar-refractivity contribution in [2.24, 2.45) is 0 Å². The summed E-state index contributed by atoms with van der Waals surface area (Å²) in [6.45, 7) is 3.72. The Morgan fingerprint density at radius 3 is 2.62 bits per heavy atom. The number of ether oxygens (including phenoxy) is 1. The fourth-order valence-corrected chi connectivity index (χ4v) is 4.15. The van der Waals surface area contributed by atoms with Crippen LogP contribution >= 0.6 is 0 Å². The van der Waals surface area contributed by atoms with Crippen LogP contribution in [0, 0.1) is 0 Å². The van der Waals surface area contributed by atoms with Crippen LogP contribution in [0.5, 0.6) is 5.75 Å². The minimum absolute atomic E-state index is 0.161. The van der Waals surface area contributed by atoms with Crippen LogP contribution < -0.4 is 4.74 Å². The highest BCUT2D eigenvalue weighted by molar-refractivity contribution is 7.86. The SMILES string of the molecule is CC1(C)Oc2ccc(S(=O)C(F)(F)F)cc2C(N2CCCCC2=O)C1O. The van der Waals surface area contributed by atoms with Crippen LogP contribution in [0.3, 0.4) is 0 Å². The zero-order chi connectivity index (χ0) is 19.3. The maximum atomic E-state index is 12.8. The zero-order valence-electron chi connectivity index (χ0n) is 14.4. The monoisotopic (exact) mass is 391 g/mol. The minimum atomic E-state index is -4.89. The molecule has 3 rings (SSSR count). The normalized spacial score (nSPS) is 26.8. The summed E-state index contributed by atoms with van der Waals surface area (Å²) in [7, 11) is -3.20. The number of rotatable bonds is 2. The third-order valence-corrected chi connectivity index (χ3v) is 5.91. The van der Waals surface area contributed by atoms with E-state index < -0.39 is 39.0 Å². The highest BCUT2D eigenvalue weighted by atomic mass is 32.2. The topological polar surface area (TPSA) is 66.8 Å². The van der Waals surface area contributed by atoms with Crippen molar-refractivity contribution < 1.29 is 32.0 Å². The standard InChI is InChI=1S/C17H20F3NO4S/c1-16(2)15(23)14(21-8-4-3-5-13(21)22)11-9-10(6-7-12(11)25-16)26(24)17(18,19)20/h6-7,9,14-15,23H,3-5,8H2,1-2H3. The zero-order valence-corrected chi connectivity index (χ0v) is 15.2. The van der Waals surface area contributed by atoms with Crippen LogP contribution in [-0.4, -0.2) is 43.9 Å². The summed E-state index contributed by atoms with van der Waals surface area (Å²) in [5.74, 6) is 0.123. The Bertz CT molecular complexity index is 750. The average Bonchev–Trinajstić information content (AvgIpc) is 2.55. The molecule has 1 saturated heterocycles. The van der Waals surface area contributed by atoms with Gasteiger partial charge in [-0.3, -0.25) is 4.79 Å². The van der Waals surface area contributed by atoms with Crippen LogP contribution in [0.1, 0.15) is 44.7 Å². The van der Waals surface area contributed by atoms with E-state index in [1.54, 1.807) is 13.8 Å². The molecule has 2 heterocycles. The highest BCUT2D eigenvalue weighted by Gasteiger charge is 2.47. The van der Waals surface area contributed by atoms with E-state index in [9.17, 15) is 27.3 Å². The van der Waals surface area contributed by atoms with Crippen LogP contribution in [0.4, 0.5) is 13.2 Å². The molecule has 9 heteroatoms. The van der Waals surface area contributed by atoms with Crippen molar-refractivity contribution in [3.8, 4) is 5.75 Å². The van der Waals surface area contributed by atoms with Gasteiger partial charge in [0, 0.05) is 23.4 Å². The third-order valence-electron chi connectivity index (χ3n) is 4.80. The Kier molecular flexibility index (Phi) is 4.81. The van der Waals surface area contributed by atoms with Gasteiger partial charge in [-0.05, 0) is 44.9 Å². The number of nitrogens with zero attached hydrogens (tertiary/aromatic N) is 1. The van der Waals surface area contributed by atoms with Crippen molar-refractivity contribution in [2.45, 2.75) is 61.3 Å². The molecule has 1 aromatic rings. The fraction of sp³-hybridized carbons (Fsp3) is 0.588. The van der Waals surface area contributed by atoms with E-state index in [4.69, 9.17) is 4.74 Å². The Labute approximate surface area is 151 Å². The van der Waals surface area contributed by atoms with Gasteiger partial charge >= 0.3 is 5.51 Å². The number of likely N-dealkylation sites (tertiary alicyclic amines) is 1. The van der Waals surface area contributed by atoms with Crippen molar-refractivity contribution >= 4 is 16.7 Å². The lowest BCUT2D eigenvalue weighted by atomic mass is 9.84. The average molecular weight is 391 g/mol. The first-order chi connectivity index (χ1) is 12.0. The van der Waals surface area contributed by atoms with E-state index in [1.165, 1.54) is 11.0 Å². The van der Waals surface area contributed by atoms with Crippen LogP contribution in [0.25, 0.3) is 0 Å². The van der Waals surface area contributed by atoms with Gasteiger partial charge < -0.3 is 14.7 Å². The van der Waals surface area contributed by atoms with Gasteiger partial charge in [-0.25, -0.2) is 4.21 Å². The number of hydrogen-bond donors (Lipinski definition) is 1. The van der Waals surface area contributed by atoms with Crippen molar-refractivity contribution in [3.05, 3.63) is 23.8 Å². The molecule has 0 bridgehead atoms. The number of piperidine rings is 1. The molecule has 5 nitrogen and oxygen atoms in total. The molecule has 1 N–H and O–H groups in total. The van der Waals surface area contributed by atoms with Gasteiger partial charge in [0.05, 0.1) is 6.04 Å². The van der Waals surface area contributed by atoms with Gasteiger partial charge in [0.15, 0.2) is 10.8 Å². The molecule has 2 aliphatic rings. The molecule has 0 radical (unpaired) electrons. The van der Waals surface area contributed by atoms with Crippen molar-refractivity contribution in [1.82, 2.24) is 4.90 Å². The molecule has 3 unspecified atom stereocenters. The number of aliphatic hydroxyl groups excluding tert-OH is 1. The van der Waals surface area contributed by atoms with E-state index in [0.29, 0.717) is 13.0 Å². The van der Waals surface area contributed by atoms with Gasteiger partial charge in [0.25, 0.3) is 0 Å². The number of fused-ring (bicyclic) bond motifs is 1. The first-order valence-corrected chi connectivity index (χ1v) is 9.46. The molecule has 0 aromatic heterocycles. The lowest BCUT2D eigenvalue weighted by molar-refractivity contribution is -0.147. The molecule has 1 fully saturated rings.